The number of primary amides is 1. The minimum absolute atomic E-state index is 0.307. The third-order valence-corrected chi connectivity index (χ3v) is 1.41. The minimum Gasteiger partial charge on any atom is -0.369 e. The smallest absolute Gasteiger partial charge is 0.354 e. The molecule has 0 spiro atoms. The molecule has 82 valence electrons. The average molecular weight is 203 g/mol. The lowest BCUT2D eigenvalue weighted by Gasteiger charge is -2.18. The Balaban J connectivity index is 4.13. The third-order valence-electron chi connectivity index (χ3n) is 1.41. The van der Waals surface area contributed by atoms with Gasteiger partial charge in [-0.25, -0.2) is 4.79 Å². The number of hydrogen-bond donors (Lipinski definition) is 1. The Morgan fingerprint density at radius 3 is 2.14 bits per heavy atom. The summed E-state index contributed by atoms with van der Waals surface area (Å²) >= 11 is 0. The van der Waals surface area contributed by atoms with E-state index in [4.69, 9.17) is 10.6 Å². The van der Waals surface area contributed by atoms with Crippen LogP contribution >= 0.6 is 0 Å². The first kappa shape index (κ1) is 12.9. The number of amides is 1. The van der Waals surface area contributed by atoms with Crippen LogP contribution in [0.5, 0.6) is 0 Å². The number of carbonyl (C=O) groups excluding carboxylic acids is 2. The summed E-state index contributed by atoms with van der Waals surface area (Å²) in [7, 11) is 0. The predicted molar refractivity (Wildman–Crippen MR) is 49.9 cm³/mol. The van der Waals surface area contributed by atoms with Gasteiger partial charge in [-0.05, 0) is 27.2 Å². The highest BCUT2D eigenvalue weighted by atomic mass is 17.2. The summed E-state index contributed by atoms with van der Waals surface area (Å²) in [6.45, 7) is 6.86. The fourth-order valence-electron chi connectivity index (χ4n) is 0.708. The Kier molecular flexibility index (Phi) is 4.56. The predicted octanol–water partition coefficient (Wildman–Crippen LogP) is 0.771. The fraction of sp³-hybridized carbons (Fsp3) is 0.778. The van der Waals surface area contributed by atoms with Crippen molar-refractivity contribution < 1.29 is 19.4 Å². The van der Waals surface area contributed by atoms with Gasteiger partial charge in [0.1, 0.15) is 11.5 Å². The van der Waals surface area contributed by atoms with Gasteiger partial charge < -0.3 is 5.73 Å². The lowest BCUT2D eigenvalue weighted by atomic mass is 10.1. The lowest BCUT2D eigenvalue weighted by molar-refractivity contribution is -0.322. The first-order valence-corrected chi connectivity index (χ1v) is 4.46. The molecule has 0 rings (SSSR count). The van der Waals surface area contributed by atoms with E-state index in [-0.39, 0.29) is 0 Å². The number of nitrogens with two attached hydrogens (primary N) is 1. The molecule has 0 radical (unpaired) electrons. The van der Waals surface area contributed by atoms with E-state index >= 15 is 0 Å². The lowest BCUT2D eigenvalue weighted by Crippen LogP contribution is -2.33. The average Bonchev–Trinajstić information content (AvgIpc) is 2.00. The quantitative estimate of drug-likeness (QED) is 0.416. The standard InChI is InChI=1S/C9H17NO4/c1-5-6(7(10)11)8(12)13-14-9(2,3)4/h6H,5H2,1-4H3,(H2,10,11). The summed E-state index contributed by atoms with van der Waals surface area (Å²) in [5, 5.41) is 0. The Labute approximate surface area is 83.5 Å². The van der Waals surface area contributed by atoms with Crippen LogP contribution in [-0.4, -0.2) is 17.5 Å². The summed E-state index contributed by atoms with van der Waals surface area (Å²) in [4.78, 5) is 31.2. The fourth-order valence-corrected chi connectivity index (χ4v) is 0.708. The van der Waals surface area contributed by atoms with E-state index in [1.807, 2.05) is 0 Å². The molecule has 0 saturated carbocycles. The molecule has 0 aliphatic heterocycles. The highest BCUT2D eigenvalue weighted by Gasteiger charge is 2.26. The molecular formula is C9H17NO4. The molecule has 0 aliphatic rings. The maximum Gasteiger partial charge on any atom is 0.354 e. The molecule has 0 aromatic carbocycles. The van der Waals surface area contributed by atoms with Gasteiger partial charge in [-0.3, -0.25) is 9.68 Å². The van der Waals surface area contributed by atoms with E-state index in [9.17, 15) is 9.59 Å². The topological polar surface area (TPSA) is 78.6 Å². The number of carbonyl (C=O) groups is 2. The van der Waals surface area contributed by atoms with Crippen LogP contribution < -0.4 is 5.73 Å². The second-order valence-corrected chi connectivity index (χ2v) is 3.96. The van der Waals surface area contributed by atoms with Gasteiger partial charge in [0.15, 0.2) is 0 Å². The van der Waals surface area contributed by atoms with Crippen molar-refractivity contribution in [2.45, 2.75) is 39.7 Å². The van der Waals surface area contributed by atoms with Gasteiger partial charge in [0, 0.05) is 0 Å². The first-order chi connectivity index (χ1) is 6.28. The van der Waals surface area contributed by atoms with E-state index in [1.165, 1.54) is 0 Å². The van der Waals surface area contributed by atoms with Crippen molar-refractivity contribution in [3.63, 3.8) is 0 Å². The van der Waals surface area contributed by atoms with Crippen molar-refractivity contribution in [3.8, 4) is 0 Å². The molecule has 0 aromatic heterocycles. The molecule has 2 N–H and O–H groups in total. The van der Waals surface area contributed by atoms with Gasteiger partial charge in [0.05, 0.1) is 0 Å². The second-order valence-electron chi connectivity index (χ2n) is 3.96. The molecule has 5 nitrogen and oxygen atoms in total. The van der Waals surface area contributed by atoms with Gasteiger partial charge in [-0.1, -0.05) is 6.92 Å². The summed E-state index contributed by atoms with van der Waals surface area (Å²) < 4.78 is 0. The normalized spacial score (nSPS) is 13.4. The van der Waals surface area contributed by atoms with Crippen molar-refractivity contribution >= 4 is 11.9 Å². The zero-order chi connectivity index (χ0) is 11.4. The van der Waals surface area contributed by atoms with Crippen LogP contribution in [0.2, 0.25) is 0 Å². The van der Waals surface area contributed by atoms with Gasteiger partial charge in [0.2, 0.25) is 5.91 Å². The van der Waals surface area contributed by atoms with E-state index in [2.05, 4.69) is 4.89 Å². The Morgan fingerprint density at radius 1 is 1.36 bits per heavy atom. The zero-order valence-electron chi connectivity index (χ0n) is 8.99. The molecule has 0 bridgehead atoms. The molecule has 0 heterocycles. The Hall–Kier alpha value is -1.10. The van der Waals surface area contributed by atoms with Gasteiger partial charge in [0.25, 0.3) is 0 Å². The minimum atomic E-state index is -0.933. The molecule has 1 atom stereocenters. The molecule has 0 fully saturated rings. The maximum atomic E-state index is 11.2. The monoisotopic (exact) mass is 203 g/mol. The molecule has 1 amide bonds. The molecule has 5 heteroatoms. The van der Waals surface area contributed by atoms with Crippen LogP contribution in [0.3, 0.4) is 0 Å². The highest BCUT2D eigenvalue weighted by Crippen LogP contribution is 2.11. The van der Waals surface area contributed by atoms with E-state index < -0.39 is 23.4 Å². The molecule has 0 saturated heterocycles. The highest BCUT2D eigenvalue weighted by molar-refractivity contribution is 5.96. The van der Waals surface area contributed by atoms with Crippen LogP contribution in [0.1, 0.15) is 34.1 Å². The Bertz CT molecular complexity index is 219. The molecular weight excluding hydrogens is 186 g/mol. The zero-order valence-corrected chi connectivity index (χ0v) is 8.99. The molecule has 14 heavy (non-hydrogen) atoms. The van der Waals surface area contributed by atoms with Gasteiger partial charge in [-0.2, -0.15) is 4.89 Å². The summed E-state index contributed by atoms with van der Waals surface area (Å²) in [5.41, 5.74) is 4.40. The van der Waals surface area contributed by atoms with E-state index in [1.54, 1.807) is 27.7 Å². The van der Waals surface area contributed by atoms with Crippen LogP contribution in [0, 0.1) is 5.92 Å². The molecule has 0 aliphatic carbocycles. The van der Waals surface area contributed by atoms with Crippen molar-refractivity contribution in [1.82, 2.24) is 0 Å². The van der Waals surface area contributed by atoms with Crippen LogP contribution in [0.15, 0.2) is 0 Å². The summed E-state index contributed by atoms with van der Waals surface area (Å²) in [5.74, 6) is -2.37. The largest absolute Gasteiger partial charge is 0.369 e. The number of rotatable bonds is 4. The third kappa shape index (κ3) is 4.81. The van der Waals surface area contributed by atoms with Gasteiger partial charge in [-0.15, -0.1) is 0 Å². The van der Waals surface area contributed by atoms with E-state index in [0.29, 0.717) is 6.42 Å². The van der Waals surface area contributed by atoms with Crippen molar-refractivity contribution in [3.05, 3.63) is 0 Å². The van der Waals surface area contributed by atoms with Crippen LogP contribution in [0.25, 0.3) is 0 Å². The Morgan fingerprint density at radius 2 is 1.86 bits per heavy atom. The van der Waals surface area contributed by atoms with Crippen molar-refractivity contribution in [2.75, 3.05) is 0 Å². The van der Waals surface area contributed by atoms with Crippen LogP contribution in [-0.2, 0) is 19.4 Å². The number of hydrogen-bond acceptors (Lipinski definition) is 4. The SMILES string of the molecule is CCC(C(N)=O)C(=O)OOC(C)(C)C. The summed E-state index contributed by atoms with van der Waals surface area (Å²) in [6, 6.07) is 0. The van der Waals surface area contributed by atoms with E-state index in [0.717, 1.165) is 0 Å². The first-order valence-electron chi connectivity index (χ1n) is 4.46. The van der Waals surface area contributed by atoms with Gasteiger partial charge >= 0.3 is 5.97 Å². The maximum absolute atomic E-state index is 11.2. The van der Waals surface area contributed by atoms with Crippen molar-refractivity contribution in [1.29, 1.82) is 0 Å². The van der Waals surface area contributed by atoms with Crippen LogP contribution in [0.4, 0.5) is 0 Å². The second kappa shape index (κ2) is 4.95. The molecule has 0 aromatic rings. The molecule has 1 unspecified atom stereocenters. The summed E-state index contributed by atoms with van der Waals surface area (Å²) in [6.07, 6.45) is 0.307. The van der Waals surface area contributed by atoms with Crippen molar-refractivity contribution in [2.24, 2.45) is 11.7 Å².